The maximum atomic E-state index is 3.56. The van der Waals surface area contributed by atoms with E-state index in [-0.39, 0.29) is 0 Å². The highest BCUT2D eigenvalue weighted by Crippen LogP contribution is 2.28. The lowest BCUT2D eigenvalue weighted by Gasteiger charge is -2.32. The van der Waals surface area contributed by atoms with Crippen LogP contribution in [0.5, 0.6) is 0 Å². The molecule has 2 aliphatic rings. The lowest BCUT2D eigenvalue weighted by Crippen LogP contribution is -2.37. The highest BCUT2D eigenvalue weighted by Gasteiger charge is 2.25. The molecule has 3 rings (SSSR count). The van der Waals surface area contributed by atoms with Gasteiger partial charge in [0.15, 0.2) is 0 Å². The molecule has 0 spiro atoms. The fourth-order valence-electron chi connectivity index (χ4n) is 3.12. The van der Waals surface area contributed by atoms with E-state index in [1.807, 2.05) is 0 Å². The fraction of sp³-hybridized carbons (Fsp3) is 0.571. The number of aryl methyl sites for hydroxylation is 1. The molecule has 0 aromatic heterocycles. The minimum atomic E-state index is 0.816. The summed E-state index contributed by atoms with van der Waals surface area (Å²) in [5, 5.41) is 0. The van der Waals surface area contributed by atoms with Crippen LogP contribution in [0.25, 0.3) is 0 Å². The van der Waals surface area contributed by atoms with E-state index >= 15 is 0 Å². The quantitative estimate of drug-likeness (QED) is 0.762. The van der Waals surface area contributed by atoms with Gasteiger partial charge in [-0.3, -0.25) is 0 Å². The number of hydrogen-bond donors (Lipinski definition) is 0. The van der Waals surface area contributed by atoms with E-state index in [1.165, 1.54) is 49.7 Å². The van der Waals surface area contributed by atoms with Crippen LogP contribution in [0.15, 0.2) is 22.7 Å². The lowest BCUT2D eigenvalue weighted by molar-refractivity contribution is 0.222. The van der Waals surface area contributed by atoms with Gasteiger partial charge in [0.25, 0.3) is 0 Å². The third kappa shape index (κ3) is 2.05. The molecule has 86 valence electrons. The van der Waals surface area contributed by atoms with Crippen LogP contribution in [0.2, 0.25) is 0 Å². The van der Waals surface area contributed by atoms with E-state index in [9.17, 15) is 0 Å². The minimum absolute atomic E-state index is 0.816. The third-order valence-corrected chi connectivity index (χ3v) is 4.52. The smallest absolute Gasteiger partial charge is 0.0178 e. The number of halogens is 1. The van der Waals surface area contributed by atoms with Crippen molar-refractivity contribution in [2.24, 2.45) is 0 Å². The molecule has 0 N–H and O–H groups in total. The van der Waals surface area contributed by atoms with Gasteiger partial charge in [0.05, 0.1) is 0 Å². The Kier molecular flexibility index (Phi) is 3.03. The normalized spacial score (nSPS) is 25.7. The zero-order valence-corrected chi connectivity index (χ0v) is 11.2. The van der Waals surface area contributed by atoms with Gasteiger partial charge in [-0.05, 0) is 68.5 Å². The third-order valence-electron chi connectivity index (χ3n) is 4.03. The summed E-state index contributed by atoms with van der Waals surface area (Å²) in [6.07, 6.45) is 6.69. The molecule has 2 heteroatoms. The maximum absolute atomic E-state index is 3.56. The van der Waals surface area contributed by atoms with Crippen LogP contribution in [0.1, 0.15) is 30.4 Å². The van der Waals surface area contributed by atoms with Crippen molar-refractivity contribution in [3.63, 3.8) is 0 Å². The number of fused-ring (bicyclic) bond motifs is 1. The summed E-state index contributed by atoms with van der Waals surface area (Å²) in [5.41, 5.74) is 3.14. The Balaban J connectivity index is 1.78. The number of nitrogens with zero attached hydrogens (tertiary/aromatic N) is 1. The summed E-state index contributed by atoms with van der Waals surface area (Å²) in [7, 11) is 0. The highest BCUT2D eigenvalue weighted by molar-refractivity contribution is 9.10. The Morgan fingerprint density at radius 2 is 1.94 bits per heavy atom. The summed E-state index contributed by atoms with van der Waals surface area (Å²) in [5.74, 6) is 0. The van der Waals surface area contributed by atoms with Crippen LogP contribution >= 0.6 is 15.9 Å². The summed E-state index contributed by atoms with van der Waals surface area (Å²) in [4.78, 5) is 2.70. The Morgan fingerprint density at radius 1 is 1.12 bits per heavy atom. The number of rotatable bonds is 1. The Morgan fingerprint density at radius 3 is 2.75 bits per heavy atom. The zero-order chi connectivity index (χ0) is 11.0. The lowest BCUT2D eigenvalue weighted by atomic mass is 9.88. The van der Waals surface area contributed by atoms with Crippen LogP contribution in [0.3, 0.4) is 0 Å². The van der Waals surface area contributed by atoms with Gasteiger partial charge in [-0.25, -0.2) is 0 Å². The molecule has 1 aromatic carbocycles. The summed E-state index contributed by atoms with van der Waals surface area (Å²) < 4.78 is 1.23. The van der Waals surface area contributed by atoms with Crippen molar-refractivity contribution in [2.75, 3.05) is 13.1 Å². The summed E-state index contributed by atoms with van der Waals surface area (Å²) >= 11 is 3.56. The van der Waals surface area contributed by atoms with E-state index in [0.29, 0.717) is 0 Å². The van der Waals surface area contributed by atoms with Gasteiger partial charge >= 0.3 is 0 Å². The van der Waals surface area contributed by atoms with Gasteiger partial charge in [0, 0.05) is 10.5 Å². The highest BCUT2D eigenvalue weighted by atomic mass is 79.9. The first-order chi connectivity index (χ1) is 7.83. The van der Waals surface area contributed by atoms with Gasteiger partial charge in [-0.1, -0.05) is 22.0 Å². The van der Waals surface area contributed by atoms with Crippen molar-refractivity contribution in [3.05, 3.63) is 33.8 Å². The van der Waals surface area contributed by atoms with E-state index in [0.717, 1.165) is 6.04 Å². The average Bonchev–Trinajstić information content (AvgIpc) is 2.82. The molecule has 1 saturated heterocycles. The SMILES string of the molecule is Brc1ccc2c(c1)CC[C@@H](N1CCCC1)C2. The van der Waals surface area contributed by atoms with Gasteiger partial charge in [0.1, 0.15) is 0 Å². The molecular weight excluding hydrogens is 262 g/mol. The molecule has 1 fully saturated rings. The predicted octanol–water partition coefficient (Wildman–Crippen LogP) is 3.40. The van der Waals surface area contributed by atoms with Gasteiger partial charge in [-0.15, -0.1) is 0 Å². The second-order valence-corrected chi connectivity index (χ2v) is 5.97. The van der Waals surface area contributed by atoms with Crippen LogP contribution in [0, 0.1) is 0 Å². The molecule has 0 radical (unpaired) electrons. The van der Waals surface area contributed by atoms with Crippen molar-refractivity contribution >= 4 is 15.9 Å². The van der Waals surface area contributed by atoms with Crippen LogP contribution in [0.4, 0.5) is 0 Å². The monoisotopic (exact) mass is 279 g/mol. The van der Waals surface area contributed by atoms with Crippen molar-refractivity contribution in [1.29, 1.82) is 0 Å². The summed E-state index contributed by atoms with van der Waals surface area (Å²) in [6.45, 7) is 2.66. The van der Waals surface area contributed by atoms with Crippen molar-refractivity contribution in [3.8, 4) is 0 Å². The average molecular weight is 280 g/mol. The van der Waals surface area contributed by atoms with Crippen LogP contribution in [-0.4, -0.2) is 24.0 Å². The molecule has 0 saturated carbocycles. The first kappa shape index (κ1) is 10.8. The van der Waals surface area contributed by atoms with Crippen molar-refractivity contribution in [1.82, 2.24) is 4.90 Å². The molecule has 1 nitrogen and oxygen atoms in total. The first-order valence-corrected chi connectivity index (χ1v) is 7.13. The first-order valence-electron chi connectivity index (χ1n) is 6.34. The molecule has 16 heavy (non-hydrogen) atoms. The largest absolute Gasteiger partial charge is 0.300 e. The summed E-state index contributed by atoms with van der Waals surface area (Å²) in [6, 6.07) is 7.61. The van der Waals surface area contributed by atoms with E-state index in [4.69, 9.17) is 0 Å². The topological polar surface area (TPSA) is 3.24 Å². The number of hydrogen-bond acceptors (Lipinski definition) is 1. The van der Waals surface area contributed by atoms with Crippen LogP contribution in [-0.2, 0) is 12.8 Å². The Hall–Kier alpha value is -0.340. The number of benzene rings is 1. The Bertz CT molecular complexity index is 382. The number of likely N-dealkylation sites (tertiary alicyclic amines) is 1. The molecule has 1 heterocycles. The van der Waals surface area contributed by atoms with Gasteiger partial charge < -0.3 is 4.90 Å². The molecule has 0 bridgehead atoms. The minimum Gasteiger partial charge on any atom is -0.300 e. The van der Waals surface area contributed by atoms with E-state index < -0.39 is 0 Å². The molecular formula is C14H18BrN. The van der Waals surface area contributed by atoms with Gasteiger partial charge in [-0.2, -0.15) is 0 Å². The maximum Gasteiger partial charge on any atom is 0.0178 e. The zero-order valence-electron chi connectivity index (χ0n) is 9.58. The molecule has 1 aromatic rings. The van der Waals surface area contributed by atoms with E-state index in [1.54, 1.807) is 11.1 Å². The second-order valence-electron chi connectivity index (χ2n) is 5.05. The molecule has 0 amide bonds. The second kappa shape index (κ2) is 4.50. The molecule has 1 aliphatic carbocycles. The van der Waals surface area contributed by atoms with E-state index in [2.05, 4.69) is 39.0 Å². The van der Waals surface area contributed by atoms with Crippen molar-refractivity contribution < 1.29 is 0 Å². The molecule has 1 atom stereocenters. The Labute approximate surface area is 106 Å². The predicted molar refractivity (Wildman–Crippen MR) is 70.8 cm³/mol. The van der Waals surface area contributed by atoms with Gasteiger partial charge in [0.2, 0.25) is 0 Å². The molecule has 1 aliphatic heterocycles. The standard InChI is InChI=1S/C14H18BrN/c15-13-5-3-12-10-14(6-4-11(12)9-13)16-7-1-2-8-16/h3,5,9,14H,1-2,4,6-8,10H2/t14-/m1/s1. The fourth-order valence-corrected chi connectivity index (χ4v) is 3.53. The molecule has 0 unspecified atom stereocenters. The van der Waals surface area contributed by atoms with Crippen LogP contribution < -0.4 is 0 Å². The van der Waals surface area contributed by atoms with Crippen molar-refractivity contribution in [2.45, 2.75) is 38.1 Å².